The Morgan fingerprint density at radius 1 is 1.16 bits per heavy atom. The van der Waals surface area contributed by atoms with Crippen molar-refractivity contribution >= 4 is 52.3 Å². The van der Waals surface area contributed by atoms with Crippen LogP contribution in [0.1, 0.15) is 42.9 Å². The number of aliphatic imine (C=N–C) groups is 2. The van der Waals surface area contributed by atoms with Crippen LogP contribution in [0.2, 0.25) is 0 Å². The van der Waals surface area contributed by atoms with Crippen LogP contribution >= 0.6 is 11.8 Å². The molecule has 1 saturated heterocycles. The maximum atomic E-state index is 15.0. The summed E-state index contributed by atoms with van der Waals surface area (Å²) in [7, 11) is 0. The SMILES string of the molecule is Cc1ccc(C(C)C)c(N2C(=O)CS/C2=N\C(=O)Nc2ccc(CCC3N=CN(c4ccc(OC(F)(F)F)cc4)N3)c(F)c2)c1. The van der Waals surface area contributed by atoms with Crippen molar-refractivity contribution in [1.29, 1.82) is 0 Å². The van der Waals surface area contributed by atoms with Crippen molar-refractivity contribution in [3.8, 4) is 5.75 Å². The maximum absolute atomic E-state index is 15.0. The molecule has 0 bridgehead atoms. The Kier molecular flexibility index (Phi) is 9.44. The number of benzene rings is 3. The van der Waals surface area contributed by atoms with Crippen molar-refractivity contribution < 1.29 is 31.9 Å². The number of carbonyl (C=O) groups is 2. The first kappa shape index (κ1) is 32.0. The molecule has 2 N–H and O–H groups in total. The van der Waals surface area contributed by atoms with Crippen molar-refractivity contribution in [2.45, 2.75) is 52.1 Å². The predicted molar refractivity (Wildman–Crippen MR) is 167 cm³/mol. The second-order valence-electron chi connectivity index (χ2n) is 10.7. The summed E-state index contributed by atoms with van der Waals surface area (Å²) in [6.45, 7) is 5.98. The molecule has 0 aromatic heterocycles. The van der Waals surface area contributed by atoms with Gasteiger partial charge in [-0.05, 0) is 84.8 Å². The van der Waals surface area contributed by atoms with Crippen LogP contribution in [0.25, 0.3) is 0 Å². The molecule has 3 aromatic rings. The van der Waals surface area contributed by atoms with Crippen LogP contribution in [0.4, 0.5) is 39.4 Å². The van der Waals surface area contributed by atoms with Gasteiger partial charge in [-0.15, -0.1) is 13.2 Å². The summed E-state index contributed by atoms with van der Waals surface area (Å²) in [4.78, 5) is 35.5. The molecule has 0 saturated carbocycles. The van der Waals surface area contributed by atoms with Gasteiger partial charge in [0.15, 0.2) is 5.17 Å². The van der Waals surface area contributed by atoms with E-state index in [0.29, 0.717) is 29.8 Å². The van der Waals surface area contributed by atoms with E-state index in [1.165, 1.54) is 53.3 Å². The fourth-order valence-corrected chi connectivity index (χ4v) is 5.70. The second-order valence-corrected chi connectivity index (χ2v) is 11.7. The summed E-state index contributed by atoms with van der Waals surface area (Å²) in [5, 5.41) is 4.39. The van der Waals surface area contributed by atoms with E-state index in [1.807, 2.05) is 39.0 Å². The van der Waals surface area contributed by atoms with Crippen LogP contribution < -0.4 is 25.4 Å². The van der Waals surface area contributed by atoms with Gasteiger partial charge in [0.25, 0.3) is 0 Å². The van der Waals surface area contributed by atoms with E-state index in [1.54, 1.807) is 17.1 Å². The third kappa shape index (κ3) is 8.00. The molecule has 3 aromatic carbocycles. The summed E-state index contributed by atoms with van der Waals surface area (Å²) in [5.74, 6) is -0.728. The van der Waals surface area contributed by atoms with Gasteiger partial charge in [0.1, 0.15) is 24.1 Å². The van der Waals surface area contributed by atoms with Crippen LogP contribution in [-0.2, 0) is 11.2 Å². The van der Waals surface area contributed by atoms with Crippen LogP contribution in [0.3, 0.4) is 0 Å². The zero-order valence-electron chi connectivity index (χ0n) is 24.6. The molecule has 2 aliphatic heterocycles. The van der Waals surface area contributed by atoms with Crippen molar-refractivity contribution in [3.05, 3.63) is 83.2 Å². The molecule has 0 aliphatic carbocycles. The van der Waals surface area contributed by atoms with E-state index in [2.05, 4.69) is 25.5 Å². The topological polar surface area (TPSA) is 98.6 Å². The highest BCUT2D eigenvalue weighted by Crippen LogP contribution is 2.34. The summed E-state index contributed by atoms with van der Waals surface area (Å²) < 4.78 is 56.0. The number of alkyl halides is 3. The minimum atomic E-state index is -4.77. The maximum Gasteiger partial charge on any atom is 0.573 e. The number of hydrogen-bond acceptors (Lipinski definition) is 7. The number of halogens is 4. The first-order valence-corrected chi connectivity index (χ1v) is 15.0. The number of amides is 3. The Hall–Kier alpha value is -4.43. The molecular formula is C31H30F4N6O3S. The Balaban J connectivity index is 1.17. The van der Waals surface area contributed by atoms with Gasteiger partial charge in [-0.1, -0.05) is 43.8 Å². The van der Waals surface area contributed by atoms with Gasteiger partial charge in [-0.3, -0.25) is 19.7 Å². The Labute approximate surface area is 261 Å². The Morgan fingerprint density at radius 2 is 1.91 bits per heavy atom. The molecule has 236 valence electrons. The van der Waals surface area contributed by atoms with Gasteiger partial charge < -0.3 is 10.1 Å². The Morgan fingerprint density at radius 3 is 2.60 bits per heavy atom. The number of hydrogen-bond donors (Lipinski definition) is 2. The van der Waals surface area contributed by atoms with Gasteiger partial charge >= 0.3 is 12.4 Å². The smallest absolute Gasteiger partial charge is 0.406 e. The number of aryl methyl sites for hydroxylation is 2. The molecule has 2 heterocycles. The molecule has 3 amide bonds. The molecule has 1 atom stereocenters. The number of urea groups is 1. The monoisotopic (exact) mass is 642 g/mol. The van der Waals surface area contributed by atoms with Gasteiger partial charge in [0.2, 0.25) is 5.91 Å². The summed E-state index contributed by atoms with van der Waals surface area (Å²) in [6.07, 6.45) is -2.90. The second kappa shape index (κ2) is 13.3. The van der Waals surface area contributed by atoms with E-state index >= 15 is 0 Å². The third-order valence-corrected chi connectivity index (χ3v) is 7.92. The summed E-state index contributed by atoms with van der Waals surface area (Å²) in [6, 6.07) is 14.8. The van der Waals surface area contributed by atoms with Gasteiger partial charge in [0, 0.05) is 5.69 Å². The van der Waals surface area contributed by atoms with Gasteiger partial charge in [-0.25, -0.2) is 14.6 Å². The van der Waals surface area contributed by atoms with E-state index < -0.39 is 18.2 Å². The average Bonchev–Trinajstić information content (AvgIpc) is 3.58. The molecular weight excluding hydrogens is 612 g/mol. The van der Waals surface area contributed by atoms with Crippen molar-refractivity contribution in [2.24, 2.45) is 9.98 Å². The molecule has 0 spiro atoms. The van der Waals surface area contributed by atoms with Crippen LogP contribution in [0, 0.1) is 12.7 Å². The number of anilines is 3. The number of nitrogens with one attached hydrogen (secondary N) is 2. The quantitative estimate of drug-likeness (QED) is 0.254. The lowest BCUT2D eigenvalue weighted by Crippen LogP contribution is -2.37. The van der Waals surface area contributed by atoms with E-state index in [-0.39, 0.29) is 40.3 Å². The van der Waals surface area contributed by atoms with Crippen LogP contribution in [0.5, 0.6) is 5.75 Å². The lowest BCUT2D eigenvalue weighted by Gasteiger charge is -2.22. The zero-order valence-corrected chi connectivity index (χ0v) is 25.4. The van der Waals surface area contributed by atoms with E-state index in [9.17, 15) is 27.2 Å². The minimum Gasteiger partial charge on any atom is -0.406 e. The number of ether oxygens (including phenoxy) is 1. The third-order valence-electron chi connectivity index (χ3n) is 7.00. The predicted octanol–water partition coefficient (Wildman–Crippen LogP) is 7.14. The number of carbonyl (C=O) groups excluding carboxylic acids is 2. The molecule has 1 unspecified atom stereocenters. The number of thioether (sulfide) groups is 1. The first-order valence-electron chi connectivity index (χ1n) is 14.0. The molecule has 2 aliphatic rings. The minimum absolute atomic E-state index is 0.147. The van der Waals surface area contributed by atoms with E-state index in [4.69, 9.17) is 0 Å². The molecule has 45 heavy (non-hydrogen) atoms. The fraction of sp³-hybridized carbons (Fsp3) is 0.290. The zero-order chi connectivity index (χ0) is 32.3. The Bertz CT molecular complexity index is 1650. The summed E-state index contributed by atoms with van der Waals surface area (Å²) in [5.41, 5.74) is 6.89. The lowest BCUT2D eigenvalue weighted by atomic mass is 9.99. The van der Waals surface area contributed by atoms with Gasteiger partial charge in [0.05, 0.1) is 17.1 Å². The fourth-order valence-electron chi connectivity index (χ4n) is 4.84. The molecule has 9 nitrogen and oxygen atoms in total. The molecule has 14 heteroatoms. The van der Waals surface area contributed by atoms with Crippen molar-refractivity contribution in [2.75, 3.05) is 21.0 Å². The highest BCUT2D eigenvalue weighted by molar-refractivity contribution is 8.15. The number of rotatable bonds is 8. The largest absolute Gasteiger partial charge is 0.573 e. The highest BCUT2D eigenvalue weighted by atomic mass is 32.2. The van der Waals surface area contributed by atoms with Crippen LogP contribution in [0.15, 0.2) is 70.6 Å². The molecule has 5 rings (SSSR count). The normalized spacial score (nSPS) is 17.6. The van der Waals surface area contributed by atoms with Crippen LogP contribution in [-0.4, -0.2) is 41.7 Å². The van der Waals surface area contributed by atoms with E-state index in [0.717, 1.165) is 11.1 Å². The standard InChI is InChI=1S/C31H30F4N6O3S/c1-18(2)24-12-4-19(3)14-26(24)41-28(42)16-45-30(41)38-29(43)37-21-7-5-20(25(32)15-21)6-13-27-36-17-40(39-27)22-8-10-23(11-9-22)44-31(33,34)35/h4-5,7-12,14-15,17-18,27,39H,6,13,16H2,1-3H3,(H,37,43)/b38-30-. The molecule has 1 fully saturated rings. The highest BCUT2D eigenvalue weighted by Gasteiger charge is 2.33. The molecule has 0 radical (unpaired) electrons. The number of amidine groups is 1. The first-order chi connectivity index (χ1) is 21.4. The lowest BCUT2D eigenvalue weighted by molar-refractivity contribution is -0.274. The van der Waals surface area contributed by atoms with Gasteiger partial charge in [-0.2, -0.15) is 4.99 Å². The average molecular weight is 643 g/mol. The van der Waals surface area contributed by atoms with Crippen molar-refractivity contribution in [3.63, 3.8) is 0 Å². The van der Waals surface area contributed by atoms with Crippen molar-refractivity contribution in [1.82, 2.24) is 5.43 Å². The summed E-state index contributed by atoms with van der Waals surface area (Å²) >= 11 is 1.17. The number of hydrazine groups is 1. The number of nitrogens with zero attached hydrogens (tertiary/aromatic N) is 4.